The number of hydrogen-bond donors (Lipinski definition) is 2. The first-order valence-corrected chi connectivity index (χ1v) is 9.92. The fourth-order valence-corrected chi connectivity index (χ4v) is 4.23. The van der Waals surface area contributed by atoms with Crippen molar-refractivity contribution in [1.82, 2.24) is 15.2 Å². The highest BCUT2D eigenvalue weighted by molar-refractivity contribution is 7.09. The van der Waals surface area contributed by atoms with Gasteiger partial charge in [-0.25, -0.2) is 9.78 Å². The van der Waals surface area contributed by atoms with E-state index in [9.17, 15) is 18.0 Å². The summed E-state index contributed by atoms with van der Waals surface area (Å²) in [6.45, 7) is 3.36. The third-order valence-electron chi connectivity index (χ3n) is 5.15. The molecule has 2 N–H and O–H groups in total. The van der Waals surface area contributed by atoms with Gasteiger partial charge in [-0.3, -0.25) is 9.69 Å². The van der Waals surface area contributed by atoms with E-state index in [1.54, 1.807) is 11.3 Å². The van der Waals surface area contributed by atoms with Gasteiger partial charge in [0.2, 0.25) is 5.91 Å². The number of amides is 1. The number of hydrogen-bond acceptors (Lipinski definition) is 6. The summed E-state index contributed by atoms with van der Waals surface area (Å²) in [6, 6.07) is 0.419. The summed E-state index contributed by atoms with van der Waals surface area (Å²) in [5.74, 6) is -2.54. The summed E-state index contributed by atoms with van der Waals surface area (Å²) in [6.07, 6.45) is 0.935. The number of rotatable bonds is 4. The maximum absolute atomic E-state index is 12.8. The van der Waals surface area contributed by atoms with Crippen LogP contribution in [0.2, 0.25) is 0 Å². The quantitative estimate of drug-likeness (QED) is 0.773. The lowest BCUT2D eigenvalue weighted by molar-refractivity contribution is -0.192. The molecule has 1 saturated carbocycles. The van der Waals surface area contributed by atoms with E-state index in [1.165, 1.54) is 0 Å². The van der Waals surface area contributed by atoms with Crippen LogP contribution in [0.5, 0.6) is 0 Å². The van der Waals surface area contributed by atoms with Crippen molar-refractivity contribution in [2.75, 3.05) is 19.7 Å². The number of nitrogens with one attached hydrogen (secondary N) is 1. The molecule has 3 heterocycles. The molecule has 1 aliphatic carbocycles. The molecule has 3 aliphatic rings. The molecule has 3 fully saturated rings. The zero-order valence-electron chi connectivity index (χ0n) is 15.1. The van der Waals surface area contributed by atoms with E-state index < -0.39 is 12.1 Å². The molecule has 28 heavy (non-hydrogen) atoms. The Labute approximate surface area is 163 Å². The highest BCUT2D eigenvalue weighted by Gasteiger charge is 2.53. The average Bonchev–Trinajstić information content (AvgIpc) is 3.11. The van der Waals surface area contributed by atoms with Gasteiger partial charge < -0.3 is 15.2 Å². The summed E-state index contributed by atoms with van der Waals surface area (Å²) < 4.78 is 37.6. The molecule has 0 spiro atoms. The first-order valence-electron chi connectivity index (χ1n) is 9.04. The summed E-state index contributed by atoms with van der Waals surface area (Å²) in [5, 5.41) is 13.5. The Hall–Kier alpha value is -1.72. The van der Waals surface area contributed by atoms with Gasteiger partial charge >= 0.3 is 12.1 Å². The lowest BCUT2D eigenvalue weighted by Crippen LogP contribution is -2.57. The van der Waals surface area contributed by atoms with Crippen LogP contribution in [0.25, 0.3) is 0 Å². The molecular weight excluding hydrogens is 399 g/mol. The minimum Gasteiger partial charge on any atom is -0.475 e. The van der Waals surface area contributed by atoms with Gasteiger partial charge in [-0.1, -0.05) is 0 Å². The maximum atomic E-state index is 12.8. The number of halogens is 3. The van der Waals surface area contributed by atoms with Crippen LogP contribution < -0.4 is 5.32 Å². The average molecular weight is 421 g/mol. The van der Waals surface area contributed by atoms with E-state index in [-0.39, 0.29) is 17.4 Å². The zero-order valence-corrected chi connectivity index (χ0v) is 15.9. The lowest BCUT2D eigenvalue weighted by Gasteiger charge is -2.42. The third kappa shape index (κ3) is 5.00. The number of carbonyl (C=O) groups excluding carboxylic acids is 1. The number of thiazole rings is 1. The van der Waals surface area contributed by atoms with Crippen molar-refractivity contribution in [1.29, 1.82) is 0 Å². The highest BCUT2D eigenvalue weighted by atomic mass is 32.1. The molecule has 2 aliphatic heterocycles. The van der Waals surface area contributed by atoms with Crippen LogP contribution in [0, 0.1) is 5.41 Å². The molecule has 11 heteroatoms. The number of nitrogens with zero attached hydrogens (tertiary/aromatic N) is 2. The minimum absolute atomic E-state index is 0.101. The Morgan fingerprint density at radius 3 is 2.68 bits per heavy atom. The molecule has 2 atom stereocenters. The predicted molar refractivity (Wildman–Crippen MR) is 93.7 cm³/mol. The highest BCUT2D eigenvalue weighted by Crippen LogP contribution is 2.42. The number of fused-ring (bicyclic) bond motifs is 1. The second-order valence-corrected chi connectivity index (χ2v) is 8.22. The number of piperidine rings is 1. The molecular formula is C17H22F3N3O4S. The Kier molecular flexibility index (Phi) is 6.25. The predicted octanol–water partition coefficient (Wildman–Crippen LogP) is 2.04. The fourth-order valence-electron chi connectivity index (χ4n) is 3.57. The summed E-state index contributed by atoms with van der Waals surface area (Å²) in [4.78, 5) is 28.4. The molecule has 0 unspecified atom stereocenters. The van der Waals surface area contributed by atoms with Crippen LogP contribution in [-0.2, 0) is 20.9 Å². The van der Waals surface area contributed by atoms with Gasteiger partial charge in [-0.05, 0) is 25.7 Å². The van der Waals surface area contributed by atoms with Crippen LogP contribution in [0.15, 0.2) is 11.6 Å². The van der Waals surface area contributed by atoms with Gasteiger partial charge in [0.05, 0.1) is 18.1 Å². The monoisotopic (exact) mass is 421 g/mol. The van der Waals surface area contributed by atoms with Crippen molar-refractivity contribution < 1.29 is 32.6 Å². The molecule has 0 bridgehead atoms. The van der Waals surface area contributed by atoms with Crippen molar-refractivity contribution in [3.05, 3.63) is 16.6 Å². The van der Waals surface area contributed by atoms with Gasteiger partial charge in [0, 0.05) is 37.3 Å². The summed E-state index contributed by atoms with van der Waals surface area (Å²) in [7, 11) is 0. The van der Waals surface area contributed by atoms with Gasteiger partial charge in [0.1, 0.15) is 5.01 Å². The number of carbonyl (C=O) groups is 2. The second kappa shape index (κ2) is 8.34. The number of alkyl halides is 3. The van der Waals surface area contributed by atoms with Crippen molar-refractivity contribution in [3.63, 3.8) is 0 Å². The summed E-state index contributed by atoms with van der Waals surface area (Å²) in [5.41, 5.74) is -0.335. The topological polar surface area (TPSA) is 91.8 Å². The molecule has 0 radical (unpaired) electrons. The van der Waals surface area contributed by atoms with E-state index in [1.807, 2.05) is 11.6 Å². The van der Waals surface area contributed by atoms with Crippen LogP contribution in [-0.4, -0.2) is 64.9 Å². The fraction of sp³-hybridized carbons (Fsp3) is 0.706. The Balaban J connectivity index is 0.000000279. The van der Waals surface area contributed by atoms with E-state index in [4.69, 9.17) is 14.6 Å². The van der Waals surface area contributed by atoms with Gasteiger partial charge in [0.25, 0.3) is 0 Å². The number of carboxylic acid groups (broad SMARTS) is 1. The number of aliphatic carboxylic acids is 1. The van der Waals surface area contributed by atoms with Crippen molar-refractivity contribution in [2.45, 2.75) is 50.6 Å². The number of carboxylic acids is 1. The largest absolute Gasteiger partial charge is 0.490 e. The second-order valence-electron chi connectivity index (χ2n) is 7.24. The van der Waals surface area contributed by atoms with Gasteiger partial charge in [-0.2, -0.15) is 13.2 Å². The maximum Gasteiger partial charge on any atom is 0.490 e. The molecule has 1 amide bonds. The van der Waals surface area contributed by atoms with Crippen molar-refractivity contribution in [2.24, 2.45) is 5.41 Å². The molecule has 156 valence electrons. The Bertz CT molecular complexity index is 696. The number of ether oxygens (including phenoxy) is 1. The first kappa shape index (κ1) is 21.0. The van der Waals surface area contributed by atoms with E-state index >= 15 is 0 Å². The van der Waals surface area contributed by atoms with E-state index in [2.05, 4.69) is 15.2 Å². The molecule has 0 aromatic carbocycles. The lowest BCUT2D eigenvalue weighted by atomic mass is 9.75. The molecule has 1 aromatic rings. The Morgan fingerprint density at radius 1 is 1.39 bits per heavy atom. The normalized spacial score (nSPS) is 27.5. The molecule has 7 nitrogen and oxygen atoms in total. The van der Waals surface area contributed by atoms with Gasteiger partial charge in [-0.15, -0.1) is 11.3 Å². The number of aromatic nitrogens is 1. The van der Waals surface area contributed by atoms with E-state index in [0.29, 0.717) is 12.6 Å². The standard InChI is InChI=1S/C15H21N3O2S.C2HF3O2/c19-14(17-11-1-2-11)15-4-7-20-12(15)3-6-18(10-15)9-13-16-5-8-21-13;3-2(4,5)1(6)7/h5,8,11-12H,1-4,6-7,9-10H2,(H,17,19);(H,6,7)/t12-,15-;/m1./s1. The zero-order chi connectivity index (χ0) is 20.4. The first-order chi connectivity index (χ1) is 13.2. The molecule has 4 rings (SSSR count). The smallest absolute Gasteiger partial charge is 0.475 e. The van der Waals surface area contributed by atoms with Crippen LogP contribution in [0.4, 0.5) is 13.2 Å². The number of likely N-dealkylation sites (tertiary alicyclic amines) is 1. The molecule has 1 aromatic heterocycles. The van der Waals surface area contributed by atoms with Gasteiger partial charge in [0.15, 0.2) is 0 Å². The van der Waals surface area contributed by atoms with Crippen molar-refractivity contribution in [3.8, 4) is 0 Å². The van der Waals surface area contributed by atoms with Crippen LogP contribution >= 0.6 is 11.3 Å². The summed E-state index contributed by atoms with van der Waals surface area (Å²) >= 11 is 1.69. The SMILES string of the molecule is O=C(NC1CC1)[C@@]12CCO[C@@H]1CCN(Cc1nccs1)C2.O=C(O)C(F)(F)F. The minimum atomic E-state index is -5.08. The Morgan fingerprint density at radius 2 is 2.11 bits per heavy atom. The van der Waals surface area contributed by atoms with Crippen LogP contribution in [0.1, 0.15) is 30.7 Å². The van der Waals surface area contributed by atoms with E-state index in [0.717, 1.165) is 50.3 Å². The third-order valence-corrected chi connectivity index (χ3v) is 5.91. The molecule has 2 saturated heterocycles. The van der Waals surface area contributed by atoms with Crippen LogP contribution in [0.3, 0.4) is 0 Å². The van der Waals surface area contributed by atoms with Crippen molar-refractivity contribution >= 4 is 23.2 Å².